The molecule has 30 heavy (non-hydrogen) atoms. The number of rotatable bonds is 4. The van der Waals surface area contributed by atoms with Crippen LogP contribution in [0.3, 0.4) is 0 Å². The van der Waals surface area contributed by atoms with Crippen molar-refractivity contribution in [2.24, 2.45) is 12.0 Å². The van der Waals surface area contributed by atoms with E-state index < -0.39 is 0 Å². The standard InChI is InChI=1S/C23H21ClN4OS/c1-15-21(22(29)28(26(15)2)19-9-4-3-5-10-19)25-23-27(18-11-12-18)20(14-30-23)16-7-6-8-17(24)13-16/h3-10,13-14,18H,11-12H2,1-2H3. The van der Waals surface area contributed by atoms with E-state index >= 15 is 0 Å². The SMILES string of the molecule is Cc1c(N=c2scc(-c3cccc(Cl)c3)n2C2CC2)c(=O)n(-c2ccccc2)n1C. The summed E-state index contributed by atoms with van der Waals surface area (Å²) in [6.45, 7) is 1.94. The molecule has 7 heteroatoms. The van der Waals surface area contributed by atoms with Crippen LogP contribution in [0, 0.1) is 6.92 Å². The van der Waals surface area contributed by atoms with Crippen LogP contribution in [0.4, 0.5) is 5.69 Å². The van der Waals surface area contributed by atoms with Crippen molar-refractivity contribution in [3.63, 3.8) is 0 Å². The number of para-hydroxylation sites is 1. The maximum absolute atomic E-state index is 13.3. The van der Waals surface area contributed by atoms with Crippen molar-refractivity contribution in [1.29, 1.82) is 0 Å². The minimum absolute atomic E-state index is 0.110. The van der Waals surface area contributed by atoms with Gasteiger partial charge in [-0.2, -0.15) is 0 Å². The van der Waals surface area contributed by atoms with E-state index in [-0.39, 0.29) is 5.56 Å². The Bertz CT molecular complexity index is 1360. The van der Waals surface area contributed by atoms with Crippen molar-refractivity contribution >= 4 is 28.6 Å². The van der Waals surface area contributed by atoms with Crippen molar-refractivity contribution < 1.29 is 0 Å². The summed E-state index contributed by atoms with van der Waals surface area (Å²) in [6, 6.07) is 18.0. The van der Waals surface area contributed by atoms with Gasteiger partial charge in [0.1, 0.15) is 0 Å². The third-order valence-electron chi connectivity index (χ3n) is 5.51. The van der Waals surface area contributed by atoms with Crippen LogP contribution in [0.2, 0.25) is 5.02 Å². The number of halogens is 1. The summed E-state index contributed by atoms with van der Waals surface area (Å²) in [5.74, 6) is 0. The Hall–Kier alpha value is -2.83. The lowest BCUT2D eigenvalue weighted by Crippen LogP contribution is -2.20. The Labute approximate surface area is 183 Å². The van der Waals surface area contributed by atoms with Crippen LogP contribution in [0.25, 0.3) is 16.9 Å². The highest BCUT2D eigenvalue weighted by atomic mass is 35.5. The summed E-state index contributed by atoms with van der Waals surface area (Å²) in [5, 5.41) is 2.82. The van der Waals surface area contributed by atoms with E-state index in [2.05, 4.69) is 16.0 Å². The molecule has 5 nitrogen and oxygen atoms in total. The van der Waals surface area contributed by atoms with E-state index in [1.807, 2.05) is 67.2 Å². The molecule has 152 valence electrons. The molecular formula is C23H21ClN4OS. The zero-order valence-electron chi connectivity index (χ0n) is 16.7. The molecule has 0 aliphatic heterocycles. The monoisotopic (exact) mass is 436 g/mol. The Morgan fingerprint density at radius 2 is 1.87 bits per heavy atom. The van der Waals surface area contributed by atoms with E-state index in [0.717, 1.165) is 40.3 Å². The van der Waals surface area contributed by atoms with Gasteiger partial charge >= 0.3 is 0 Å². The number of benzene rings is 2. The highest BCUT2D eigenvalue weighted by Gasteiger charge is 2.28. The molecular weight excluding hydrogens is 416 g/mol. The van der Waals surface area contributed by atoms with Crippen molar-refractivity contribution in [3.05, 3.63) is 85.8 Å². The van der Waals surface area contributed by atoms with Gasteiger partial charge < -0.3 is 4.57 Å². The van der Waals surface area contributed by atoms with Crippen molar-refractivity contribution in [1.82, 2.24) is 13.9 Å². The molecule has 1 aliphatic rings. The van der Waals surface area contributed by atoms with Crippen LogP contribution in [0.15, 0.2) is 69.8 Å². The number of hydrogen-bond donors (Lipinski definition) is 0. The Morgan fingerprint density at radius 1 is 1.10 bits per heavy atom. The van der Waals surface area contributed by atoms with Gasteiger partial charge in [0, 0.05) is 29.1 Å². The van der Waals surface area contributed by atoms with Crippen LogP contribution < -0.4 is 10.4 Å². The Balaban J connectivity index is 1.70. The first-order valence-electron chi connectivity index (χ1n) is 9.89. The summed E-state index contributed by atoms with van der Waals surface area (Å²) in [5.41, 5.74) is 4.20. The topological polar surface area (TPSA) is 44.2 Å². The van der Waals surface area contributed by atoms with Gasteiger partial charge in [-0.15, -0.1) is 11.3 Å². The van der Waals surface area contributed by atoms with E-state index in [1.54, 1.807) is 16.0 Å². The highest BCUT2D eigenvalue weighted by Crippen LogP contribution is 2.38. The predicted molar refractivity (Wildman–Crippen MR) is 122 cm³/mol. The molecule has 5 rings (SSSR count). The van der Waals surface area contributed by atoms with Crippen molar-refractivity contribution in [3.8, 4) is 16.9 Å². The normalized spacial score (nSPS) is 14.4. The molecule has 0 amide bonds. The second-order valence-electron chi connectivity index (χ2n) is 7.54. The molecule has 4 aromatic rings. The molecule has 0 N–H and O–H groups in total. The number of hydrogen-bond acceptors (Lipinski definition) is 3. The molecule has 2 aromatic carbocycles. The first kappa shape index (κ1) is 19.2. The smallest absolute Gasteiger partial charge is 0.297 e. The quantitative estimate of drug-likeness (QED) is 0.431. The third kappa shape index (κ3) is 3.26. The predicted octanol–water partition coefficient (Wildman–Crippen LogP) is 5.24. The highest BCUT2D eigenvalue weighted by molar-refractivity contribution is 7.07. The van der Waals surface area contributed by atoms with E-state index in [0.29, 0.717) is 16.8 Å². The van der Waals surface area contributed by atoms with E-state index in [9.17, 15) is 4.79 Å². The van der Waals surface area contributed by atoms with Crippen LogP contribution in [-0.2, 0) is 7.05 Å². The molecule has 0 unspecified atom stereocenters. The van der Waals surface area contributed by atoms with Gasteiger partial charge in [0.15, 0.2) is 10.5 Å². The van der Waals surface area contributed by atoms with Gasteiger partial charge in [0.25, 0.3) is 5.56 Å². The van der Waals surface area contributed by atoms with Gasteiger partial charge in [-0.05, 0) is 44.0 Å². The fourth-order valence-electron chi connectivity index (χ4n) is 3.72. The summed E-state index contributed by atoms with van der Waals surface area (Å²) in [4.78, 5) is 19.0. The third-order valence-corrected chi connectivity index (χ3v) is 6.58. The van der Waals surface area contributed by atoms with Gasteiger partial charge in [-0.25, -0.2) is 9.67 Å². The largest absolute Gasteiger partial charge is 0.313 e. The zero-order chi connectivity index (χ0) is 20.8. The maximum atomic E-state index is 13.3. The second-order valence-corrected chi connectivity index (χ2v) is 8.81. The molecule has 2 heterocycles. The molecule has 2 aromatic heterocycles. The van der Waals surface area contributed by atoms with E-state index in [4.69, 9.17) is 16.6 Å². The first-order chi connectivity index (χ1) is 14.5. The lowest BCUT2D eigenvalue weighted by Gasteiger charge is -2.08. The zero-order valence-corrected chi connectivity index (χ0v) is 18.3. The first-order valence-corrected chi connectivity index (χ1v) is 11.1. The van der Waals surface area contributed by atoms with Crippen molar-refractivity contribution in [2.45, 2.75) is 25.8 Å². The molecule has 1 saturated carbocycles. The van der Waals surface area contributed by atoms with E-state index in [1.165, 1.54) is 0 Å². The summed E-state index contributed by atoms with van der Waals surface area (Å²) in [7, 11) is 1.89. The fraction of sp³-hybridized carbons (Fsp3) is 0.217. The van der Waals surface area contributed by atoms with Gasteiger partial charge in [-0.1, -0.05) is 41.9 Å². The molecule has 1 aliphatic carbocycles. The molecule has 0 radical (unpaired) electrons. The average molecular weight is 437 g/mol. The van der Waals surface area contributed by atoms with Gasteiger partial charge in [-0.3, -0.25) is 9.48 Å². The van der Waals surface area contributed by atoms with Crippen LogP contribution in [-0.4, -0.2) is 13.9 Å². The fourth-order valence-corrected chi connectivity index (χ4v) is 4.89. The Kier molecular flexibility index (Phi) is 4.76. The molecule has 0 spiro atoms. The number of nitrogens with zero attached hydrogens (tertiary/aromatic N) is 4. The van der Waals surface area contributed by atoms with Gasteiger partial charge in [0.2, 0.25) is 0 Å². The minimum atomic E-state index is -0.110. The van der Waals surface area contributed by atoms with Crippen LogP contribution >= 0.6 is 22.9 Å². The van der Waals surface area contributed by atoms with Gasteiger partial charge in [0.05, 0.1) is 17.1 Å². The lowest BCUT2D eigenvalue weighted by atomic mass is 10.2. The minimum Gasteiger partial charge on any atom is -0.313 e. The molecule has 1 fully saturated rings. The second kappa shape index (κ2) is 7.45. The van der Waals surface area contributed by atoms with Crippen molar-refractivity contribution in [2.75, 3.05) is 0 Å². The van der Waals surface area contributed by atoms with Crippen LogP contribution in [0.5, 0.6) is 0 Å². The average Bonchev–Trinajstić information content (AvgIpc) is 3.47. The molecule has 0 bridgehead atoms. The summed E-state index contributed by atoms with van der Waals surface area (Å²) < 4.78 is 5.79. The number of thiazole rings is 1. The Morgan fingerprint density at radius 3 is 2.57 bits per heavy atom. The molecule has 0 saturated heterocycles. The lowest BCUT2D eigenvalue weighted by molar-refractivity contribution is 0.630. The number of aromatic nitrogens is 3. The maximum Gasteiger partial charge on any atom is 0.297 e. The summed E-state index contributed by atoms with van der Waals surface area (Å²) in [6.07, 6.45) is 2.25. The van der Waals surface area contributed by atoms with Crippen LogP contribution in [0.1, 0.15) is 24.6 Å². The summed E-state index contributed by atoms with van der Waals surface area (Å²) >= 11 is 7.79. The molecule has 0 atom stereocenters.